The maximum atomic E-state index is 4.18. The van der Waals surface area contributed by atoms with Crippen LogP contribution >= 0.6 is 0 Å². The van der Waals surface area contributed by atoms with Gasteiger partial charge in [-0.2, -0.15) is 0 Å². The molecule has 3 heteroatoms. The number of rotatable bonds is 0. The minimum Gasteiger partial charge on any atom is -0.299 e. The van der Waals surface area contributed by atoms with E-state index in [1.54, 1.807) is 6.20 Å². The van der Waals surface area contributed by atoms with Gasteiger partial charge in [0.25, 0.3) is 0 Å². The summed E-state index contributed by atoms with van der Waals surface area (Å²) in [5.74, 6) is 0. The highest BCUT2D eigenvalue weighted by Crippen LogP contribution is 2.06. The van der Waals surface area contributed by atoms with E-state index in [1.165, 1.54) is 0 Å². The van der Waals surface area contributed by atoms with Gasteiger partial charge in [-0.3, -0.25) is 9.38 Å². The average Bonchev–Trinajstić information content (AvgIpc) is 2.53. The Morgan fingerprint density at radius 2 is 1.62 bits per heavy atom. The van der Waals surface area contributed by atoms with Crippen molar-refractivity contribution in [1.82, 2.24) is 14.4 Å². The first-order valence-electron chi connectivity index (χ1n) is 4.54. The van der Waals surface area contributed by atoms with E-state index in [0.29, 0.717) is 0 Å². The van der Waals surface area contributed by atoms with Gasteiger partial charge in [0.1, 0.15) is 0 Å². The van der Waals surface area contributed by atoms with Gasteiger partial charge in [0.15, 0.2) is 5.65 Å². The van der Waals surface area contributed by atoms with E-state index in [0.717, 1.165) is 17.0 Å². The summed E-state index contributed by atoms with van der Waals surface area (Å²) in [6, 6.07) is 0. The molecule has 0 N–H and O–H groups in total. The van der Waals surface area contributed by atoms with Crippen molar-refractivity contribution in [2.45, 2.75) is 27.7 Å². The summed E-state index contributed by atoms with van der Waals surface area (Å²) in [4.78, 5) is 8.22. The van der Waals surface area contributed by atoms with E-state index in [2.05, 4.69) is 14.4 Å². The third-order valence-electron chi connectivity index (χ3n) is 1.77. The van der Waals surface area contributed by atoms with Gasteiger partial charge < -0.3 is 0 Å². The molecule has 13 heavy (non-hydrogen) atoms. The van der Waals surface area contributed by atoms with Crippen molar-refractivity contribution >= 4 is 5.65 Å². The highest BCUT2D eigenvalue weighted by atomic mass is 15.0. The lowest BCUT2D eigenvalue weighted by Crippen LogP contribution is -1.93. The molecule has 0 atom stereocenters. The van der Waals surface area contributed by atoms with Crippen LogP contribution in [0.1, 0.15) is 25.2 Å². The number of nitrogens with zero attached hydrogens (tertiary/aromatic N) is 3. The van der Waals surface area contributed by atoms with Crippen molar-refractivity contribution in [1.29, 1.82) is 0 Å². The van der Waals surface area contributed by atoms with E-state index in [4.69, 9.17) is 0 Å². The van der Waals surface area contributed by atoms with Gasteiger partial charge in [0.2, 0.25) is 0 Å². The lowest BCUT2D eigenvalue weighted by molar-refractivity contribution is 1.01. The molecule has 0 aliphatic rings. The van der Waals surface area contributed by atoms with Gasteiger partial charge in [-0.05, 0) is 13.8 Å². The van der Waals surface area contributed by atoms with Crippen molar-refractivity contribution in [2.24, 2.45) is 0 Å². The number of fused-ring (bicyclic) bond motifs is 1. The lowest BCUT2D eigenvalue weighted by Gasteiger charge is -1.98. The van der Waals surface area contributed by atoms with Gasteiger partial charge in [-0.25, -0.2) is 4.98 Å². The van der Waals surface area contributed by atoms with Crippen LogP contribution in [0.2, 0.25) is 0 Å². The Morgan fingerprint density at radius 1 is 1.00 bits per heavy atom. The van der Waals surface area contributed by atoms with Crippen LogP contribution in [-0.4, -0.2) is 14.4 Å². The van der Waals surface area contributed by atoms with Crippen molar-refractivity contribution in [3.63, 3.8) is 0 Å². The monoisotopic (exact) mass is 177 g/mol. The van der Waals surface area contributed by atoms with Crippen LogP contribution in [-0.2, 0) is 0 Å². The van der Waals surface area contributed by atoms with Crippen LogP contribution in [0, 0.1) is 13.8 Å². The third kappa shape index (κ3) is 1.69. The van der Waals surface area contributed by atoms with Crippen molar-refractivity contribution < 1.29 is 0 Å². The number of aromatic nitrogens is 3. The molecule has 2 heterocycles. The molecule has 2 aromatic heterocycles. The molecule has 3 nitrogen and oxygen atoms in total. The van der Waals surface area contributed by atoms with E-state index < -0.39 is 0 Å². The van der Waals surface area contributed by atoms with Gasteiger partial charge in [-0.1, -0.05) is 13.8 Å². The van der Waals surface area contributed by atoms with Crippen LogP contribution in [0.25, 0.3) is 5.65 Å². The van der Waals surface area contributed by atoms with Gasteiger partial charge in [0, 0.05) is 23.8 Å². The predicted molar refractivity (Wildman–Crippen MR) is 53.8 cm³/mol. The molecule has 0 radical (unpaired) electrons. The molecule has 0 saturated carbocycles. The summed E-state index contributed by atoms with van der Waals surface area (Å²) in [7, 11) is 0. The second-order valence-electron chi connectivity index (χ2n) is 2.64. The number of hydrogen-bond donors (Lipinski definition) is 0. The highest BCUT2D eigenvalue weighted by molar-refractivity contribution is 5.38. The van der Waals surface area contributed by atoms with Gasteiger partial charge in [0.05, 0.1) is 6.20 Å². The fourth-order valence-electron chi connectivity index (χ4n) is 1.28. The van der Waals surface area contributed by atoms with Crippen LogP contribution in [0.5, 0.6) is 0 Å². The minimum absolute atomic E-state index is 0.919. The largest absolute Gasteiger partial charge is 0.299 e. The molecular weight excluding hydrogens is 162 g/mol. The van der Waals surface area contributed by atoms with E-state index in [1.807, 2.05) is 40.1 Å². The molecule has 0 bridgehead atoms. The smallest absolute Gasteiger partial charge is 0.155 e. The second-order valence-corrected chi connectivity index (χ2v) is 2.64. The molecule has 0 amide bonds. The molecule has 0 aliphatic heterocycles. The topological polar surface area (TPSA) is 30.2 Å². The van der Waals surface area contributed by atoms with Crippen molar-refractivity contribution in [3.8, 4) is 0 Å². The van der Waals surface area contributed by atoms with Crippen LogP contribution in [0.15, 0.2) is 18.6 Å². The molecule has 0 aromatic carbocycles. The highest BCUT2D eigenvalue weighted by Gasteiger charge is 1.99. The zero-order valence-corrected chi connectivity index (χ0v) is 8.57. The SMILES string of the molecule is CC.Cc1cncc2ncc(C)n12. The average molecular weight is 177 g/mol. The molecule has 0 spiro atoms. The zero-order valence-electron chi connectivity index (χ0n) is 8.57. The molecular formula is C10H15N3. The molecule has 2 rings (SSSR count). The summed E-state index contributed by atoms with van der Waals surface area (Å²) in [5.41, 5.74) is 3.19. The Labute approximate surface area is 78.5 Å². The molecule has 2 aromatic rings. The molecule has 0 fully saturated rings. The Hall–Kier alpha value is -1.38. The van der Waals surface area contributed by atoms with Crippen LogP contribution in [0.4, 0.5) is 0 Å². The van der Waals surface area contributed by atoms with E-state index in [9.17, 15) is 0 Å². The molecule has 0 aliphatic carbocycles. The predicted octanol–water partition coefficient (Wildman–Crippen LogP) is 2.37. The fraction of sp³-hybridized carbons (Fsp3) is 0.400. The van der Waals surface area contributed by atoms with Crippen molar-refractivity contribution in [3.05, 3.63) is 30.0 Å². The van der Waals surface area contributed by atoms with Crippen LogP contribution < -0.4 is 0 Å². The third-order valence-corrected chi connectivity index (χ3v) is 1.77. The molecule has 0 saturated heterocycles. The number of imidazole rings is 1. The minimum atomic E-state index is 0.919. The fourth-order valence-corrected chi connectivity index (χ4v) is 1.28. The first kappa shape index (κ1) is 9.71. The first-order valence-corrected chi connectivity index (χ1v) is 4.54. The lowest BCUT2D eigenvalue weighted by atomic mass is 10.4. The van der Waals surface area contributed by atoms with E-state index >= 15 is 0 Å². The van der Waals surface area contributed by atoms with Crippen molar-refractivity contribution in [2.75, 3.05) is 0 Å². The normalized spacial score (nSPS) is 9.54. The summed E-state index contributed by atoms with van der Waals surface area (Å²) in [6.45, 7) is 8.06. The first-order chi connectivity index (χ1) is 6.29. The van der Waals surface area contributed by atoms with E-state index in [-0.39, 0.29) is 0 Å². The summed E-state index contributed by atoms with van der Waals surface area (Å²) < 4.78 is 2.08. The maximum absolute atomic E-state index is 4.18. The quantitative estimate of drug-likeness (QED) is 0.618. The molecule has 0 unspecified atom stereocenters. The number of hydrogen-bond acceptors (Lipinski definition) is 2. The Kier molecular flexibility index (Phi) is 3.01. The standard InChI is InChI=1S/C8H9N3.C2H6/c1-6-3-9-5-8-10-4-7(2)11(6)8;1-2/h3-5H,1-2H3;1-2H3. The Balaban J connectivity index is 0.000000396. The maximum Gasteiger partial charge on any atom is 0.155 e. The van der Waals surface area contributed by atoms with Gasteiger partial charge >= 0.3 is 0 Å². The number of aryl methyl sites for hydroxylation is 2. The Bertz CT molecular complexity index is 390. The second kappa shape index (κ2) is 4.03. The summed E-state index contributed by atoms with van der Waals surface area (Å²) in [5, 5.41) is 0. The van der Waals surface area contributed by atoms with Crippen LogP contribution in [0.3, 0.4) is 0 Å². The summed E-state index contributed by atoms with van der Waals surface area (Å²) in [6.07, 6.45) is 5.45. The molecule has 70 valence electrons. The van der Waals surface area contributed by atoms with Gasteiger partial charge in [-0.15, -0.1) is 0 Å². The Morgan fingerprint density at radius 3 is 2.23 bits per heavy atom. The summed E-state index contributed by atoms with van der Waals surface area (Å²) >= 11 is 0. The zero-order chi connectivity index (χ0) is 9.84.